The van der Waals surface area contributed by atoms with Gasteiger partial charge in [0.25, 0.3) is 10.0 Å². The van der Waals surface area contributed by atoms with Gasteiger partial charge in [-0.2, -0.15) is 0 Å². The highest BCUT2D eigenvalue weighted by molar-refractivity contribution is 7.92. The van der Waals surface area contributed by atoms with Crippen molar-refractivity contribution < 1.29 is 27.5 Å². The molecule has 0 aliphatic carbocycles. The second-order valence-corrected chi connectivity index (χ2v) is 12.7. The summed E-state index contributed by atoms with van der Waals surface area (Å²) >= 11 is 6.08. The minimum atomic E-state index is -4.29. The van der Waals surface area contributed by atoms with E-state index in [1.54, 1.807) is 19.1 Å². The summed E-state index contributed by atoms with van der Waals surface area (Å²) in [4.78, 5) is 28.4. The number of hydrogen-bond donors (Lipinski definition) is 1. The van der Waals surface area contributed by atoms with Crippen LogP contribution in [0.5, 0.6) is 11.5 Å². The van der Waals surface area contributed by atoms with Crippen molar-refractivity contribution in [2.24, 2.45) is 0 Å². The van der Waals surface area contributed by atoms with E-state index in [1.807, 2.05) is 51.1 Å². The SMILES string of the molecule is COc1ccc(S(=O)(=O)N(CC(=O)N(Cc2ccccc2)[C@H](C)C(=O)NC(C)(C)C)c2ccc(Cl)cc2)cc1OC. The molecule has 2 amide bonds. The predicted octanol–water partition coefficient (Wildman–Crippen LogP) is 4.88. The van der Waals surface area contributed by atoms with Crippen LogP contribution in [0.25, 0.3) is 0 Å². The highest BCUT2D eigenvalue weighted by atomic mass is 35.5. The van der Waals surface area contributed by atoms with Gasteiger partial charge in [0.15, 0.2) is 11.5 Å². The molecule has 0 aromatic heterocycles. The van der Waals surface area contributed by atoms with Crippen LogP contribution in [0.15, 0.2) is 77.7 Å². The number of nitrogens with one attached hydrogen (secondary N) is 1. The van der Waals surface area contributed by atoms with Crippen LogP contribution in [0, 0.1) is 0 Å². The van der Waals surface area contributed by atoms with Gasteiger partial charge in [0.1, 0.15) is 12.6 Å². The van der Waals surface area contributed by atoms with Gasteiger partial charge in [-0.05, 0) is 69.7 Å². The quantitative estimate of drug-likeness (QED) is 0.336. The van der Waals surface area contributed by atoms with Gasteiger partial charge in [0.05, 0.1) is 24.8 Å². The fraction of sp³-hybridized carbons (Fsp3) is 0.333. The zero-order chi connectivity index (χ0) is 30.4. The Kier molecular flexibility index (Phi) is 10.3. The summed E-state index contributed by atoms with van der Waals surface area (Å²) in [5.41, 5.74) is 0.486. The monoisotopic (exact) mass is 601 g/mol. The lowest BCUT2D eigenvalue weighted by Crippen LogP contribution is -2.54. The molecule has 41 heavy (non-hydrogen) atoms. The van der Waals surface area contributed by atoms with E-state index < -0.39 is 34.1 Å². The first-order chi connectivity index (χ1) is 19.3. The molecular formula is C30H36ClN3O6S. The topological polar surface area (TPSA) is 105 Å². The van der Waals surface area contributed by atoms with E-state index in [2.05, 4.69) is 5.32 Å². The third-order valence-electron chi connectivity index (χ3n) is 6.20. The number of carbonyl (C=O) groups is 2. The van der Waals surface area contributed by atoms with Crippen molar-refractivity contribution >= 4 is 39.1 Å². The van der Waals surface area contributed by atoms with Crippen LogP contribution in [-0.2, 0) is 26.2 Å². The molecule has 3 aromatic rings. The van der Waals surface area contributed by atoms with E-state index in [0.717, 1.165) is 9.87 Å². The molecule has 11 heteroatoms. The fourth-order valence-corrected chi connectivity index (χ4v) is 5.63. The Hall–Kier alpha value is -3.76. The molecule has 1 atom stereocenters. The first kappa shape index (κ1) is 31.8. The molecule has 0 radical (unpaired) electrons. The maximum Gasteiger partial charge on any atom is 0.264 e. The maximum atomic E-state index is 14.0. The van der Waals surface area contributed by atoms with Crippen LogP contribution in [0.4, 0.5) is 5.69 Å². The standard InChI is InChI=1S/C30H36ClN3O6S/c1-21(29(36)32-30(2,3)4)33(19-22-10-8-7-9-11-22)28(35)20-34(24-14-12-23(31)13-15-24)41(37,38)25-16-17-26(39-5)27(18-25)40-6/h7-18,21H,19-20H2,1-6H3,(H,32,36)/t21-/m1/s1. The van der Waals surface area contributed by atoms with Gasteiger partial charge in [-0.3, -0.25) is 13.9 Å². The second-order valence-electron chi connectivity index (χ2n) is 10.4. The first-order valence-electron chi connectivity index (χ1n) is 12.9. The number of rotatable bonds is 11. The summed E-state index contributed by atoms with van der Waals surface area (Å²) in [5, 5.41) is 3.31. The number of benzene rings is 3. The average Bonchev–Trinajstić information content (AvgIpc) is 2.93. The zero-order valence-electron chi connectivity index (χ0n) is 24.0. The van der Waals surface area contributed by atoms with Crippen molar-refractivity contribution in [1.29, 1.82) is 0 Å². The molecule has 3 rings (SSSR count). The Balaban J connectivity index is 2.06. The summed E-state index contributed by atoms with van der Waals surface area (Å²) in [7, 11) is -1.44. The molecule has 1 N–H and O–H groups in total. The van der Waals surface area contributed by atoms with E-state index in [0.29, 0.717) is 10.8 Å². The number of methoxy groups -OCH3 is 2. The van der Waals surface area contributed by atoms with Crippen molar-refractivity contribution in [2.45, 2.75) is 50.7 Å². The number of nitrogens with zero attached hydrogens (tertiary/aromatic N) is 2. The molecule has 3 aromatic carbocycles. The molecule has 0 bridgehead atoms. The van der Waals surface area contributed by atoms with Crippen LogP contribution < -0.4 is 19.1 Å². The normalized spacial score (nSPS) is 12.3. The summed E-state index contributed by atoms with van der Waals surface area (Å²) in [6.45, 7) is 6.69. The van der Waals surface area contributed by atoms with Crippen molar-refractivity contribution in [3.05, 3.63) is 83.4 Å². The van der Waals surface area contributed by atoms with Crippen LogP contribution in [-0.4, -0.2) is 57.5 Å². The third-order valence-corrected chi connectivity index (χ3v) is 8.22. The number of halogens is 1. The Morgan fingerprint density at radius 1 is 0.927 bits per heavy atom. The summed E-state index contributed by atoms with van der Waals surface area (Å²) in [6, 6.07) is 18.6. The largest absolute Gasteiger partial charge is 0.493 e. The van der Waals surface area contributed by atoms with Gasteiger partial charge in [0.2, 0.25) is 11.8 Å². The van der Waals surface area contributed by atoms with Gasteiger partial charge < -0.3 is 19.7 Å². The van der Waals surface area contributed by atoms with Crippen molar-refractivity contribution in [2.75, 3.05) is 25.1 Å². The lowest BCUT2D eigenvalue weighted by Gasteiger charge is -2.33. The third kappa shape index (κ3) is 8.14. The lowest BCUT2D eigenvalue weighted by atomic mass is 10.1. The molecule has 0 aliphatic rings. The van der Waals surface area contributed by atoms with Crippen molar-refractivity contribution in [3.63, 3.8) is 0 Å². The zero-order valence-corrected chi connectivity index (χ0v) is 25.6. The van der Waals surface area contributed by atoms with E-state index >= 15 is 0 Å². The molecule has 0 fully saturated rings. The molecular weight excluding hydrogens is 566 g/mol. The molecule has 0 saturated heterocycles. The van der Waals surface area contributed by atoms with E-state index in [1.165, 1.54) is 49.5 Å². The number of anilines is 1. The van der Waals surface area contributed by atoms with E-state index in [-0.39, 0.29) is 28.8 Å². The Morgan fingerprint density at radius 3 is 2.10 bits per heavy atom. The number of carbonyl (C=O) groups excluding carboxylic acids is 2. The Labute approximate surface area is 247 Å². The molecule has 0 unspecified atom stereocenters. The Morgan fingerprint density at radius 2 is 1.54 bits per heavy atom. The molecule has 0 saturated carbocycles. The van der Waals surface area contributed by atoms with Gasteiger partial charge in [-0.25, -0.2) is 8.42 Å². The summed E-state index contributed by atoms with van der Waals surface area (Å²) < 4.78 is 39.6. The summed E-state index contributed by atoms with van der Waals surface area (Å²) in [6.07, 6.45) is 0. The average molecular weight is 602 g/mol. The molecule has 220 valence electrons. The number of hydrogen-bond acceptors (Lipinski definition) is 6. The lowest BCUT2D eigenvalue weighted by molar-refractivity contribution is -0.140. The van der Waals surface area contributed by atoms with E-state index in [4.69, 9.17) is 21.1 Å². The van der Waals surface area contributed by atoms with Crippen LogP contribution in [0.2, 0.25) is 5.02 Å². The summed E-state index contributed by atoms with van der Waals surface area (Å²) in [5.74, 6) is -0.352. The molecule has 0 spiro atoms. The second kappa shape index (κ2) is 13.3. The first-order valence-corrected chi connectivity index (χ1v) is 14.7. The fourth-order valence-electron chi connectivity index (χ4n) is 4.08. The smallest absolute Gasteiger partial charge is 0.264 e. The van der Waals surface area contributed by atoms with Gasteiger partial charge in [-0.1, -0.05) is 41.9 Å². The van der Waals surface area contributed by atoms with Crippen LogP contribution in [0.3, 0.4) is 0 Å². The molecule has 0 aliphatic heterocycles. The minimum Gasteiger partial charge on any atom is -0.493 e. The van der Waals surface area contributed by atoms with Crippen molar-refractivity contribution in [1.82, 2.24) is 10.2 Å². The number of ether oxygens (including phenoxy) is 2. The number of sulfonamides is 1. The van der Waals surface area contributed by atoms with Gasteiger partial charge in [-0.15, -0.1) is 0 Å². The highest BCUT2D eigenvalue weighted by Crippen LogP contribution is 2.32. The van der Waals surface area contributed by atoms with Crippen LogP contribution >= 0.6 is 11.6 Å². The Bertz CT molecular complexity index is 1460. The van der Waals surface area contributed by atoms with Gasteiger partial charge >= 0.3 is 0 Å². The van der Waals surface area contributed by atoms with E-state index in [9.17, 15) is 18.0 Å². The predicted molar refractivity (Wildman–Crippen MR) is 160 cm³/mol. The van der Waals surface area contributed by atoms with Crippen LogP contribution in [0.1, 0.15) is 33.3 Å². The number of amides is 2. The minimum absolute atomic E-state index is 0.100. The van der Waals surface area contributed by atoms with Crippen molar-refractivity contribution in [3.8, 4) is 11.5 Å². The maximum absolute atomic E-state index is 14.0. The highest BCUT2D eigenvalue weighted by Gasteiger charge is 2.33. The molecule has 0 heterocycles. The van der Waals surface area contributed by atoms with Gasteiger partial charge in [0, 0.05) is 23.2 Å². The molecule has 9 nitrogen and oxygen atoms in total.